The van der Waals surface area contributed by atoms with Crippen LogP contribution in [0.2, 0.25) is 0 Å². The van der Waals surface area contributed by atoms with Crippen molar-refractivity contribution < 1.29 is 0 Å². The molecule has 2 heterocycles. The van der Waals surface area contributed by atoms with Crippen molar-refractivity contribution in [2.24, 2.45) is 0 Å². The lowest BCUT2D eigenvalue weighted by atomic mass is 10.0. The van der Waals surface area contributed by atoms with Crippen LogP contribution >= 0.6 is 0 Å². The van der Waals surface area contributed by atoms with Gasteiger partial charge in [0, 0.05) is 24.6 Å². The van der Waals surface area contributed by atoms with E-state index in [1.54, 1.807) is 0 Å². The van der Waals surface area contributed by atoms with Crippen LogP contribution in [0.15, 0.2) is 0 Å². The normalized spacial score (nSPS) is 22.1. The second-order valence-corrected chi connectivity index (χ2v) is 4.05. The van der Waals surface area contributed by atoms with Gasteiger partial charge in [-0.3, -0.25) is 4.90 Å². The monoisotopic (exact) mass is 192 g/mol. The van der Waals surface area contributed by atoms with E-state index in [0.29, 0.717) is 11.9 Å². The fraction of sp³-hybridized carbons (Fsp3) is 0.600. The van der Waals surface area contributed by atoms with Gasteiger partial charge in [0.05, 0.1) is 5.69 Å². The predicted molar refractivity (Wildman–Crippen MR) is 55.8 cm³/mol. The van der Waals surface area contributed by atoms with Gasteiger partial charge in [0.15, 0.2) is 0 Å². The van der Waals surface area contributed by atoms with Gasteiger partial charge in [0.1, 0.15) is 11.6 Å². The Bertz CT molecular complexity index is 361. The molecule has 1 unspecified atom stereocenters. The van der Waals surface area contributed by atoms with Gasteiger partial charge in [-0.05, 0) is 20.9 Å². The van der Waals surface area contributed by atoms with Crippen LogP contribution in [0, 0.1) is 6.92 Å². The van der Waals surface area contributed by atoms with E-state index >= 15 is 0 Å². The Morgan fingerprint density at radius 3 is 2.86 bits per heavy atom. The van der Waals surface area contributed by atoms with Gasteiger partial charge < -0.3 is 5.73 Å². The summed E-state index contributed by atoms with van der Waals surface area (Å²) >= 11 is 0. The number of likely N-dealkylation sites (N-methyl/N-ethyl adjacent to an activating group) is 1. The van der Waals surface area contributed by atoms with Crippen molar-refractivity contribution in [2.45, 2.75) is 32.9 Å². The van der Waals surface area contributed by atoms with E-state index in [1.807, 2.05) is 6.92 Å². The Morgan fingerprint density at radius 1 is 1.43 bits per heavy atom. The Kier molecular flexibility index (Phi) is 2.15. The Hall–Kier alpha value is -1.16. The van der Waals surface area contributed by atoms with E-state index in [2.05, 4.69) is 28.8 Å². The van der Waals surface area contributed by atoms with Crippen molar-refractivity contribution in [1.29, 1.82) is 0 Å². The maximum Gasteiger partial charge on any atom is 0.131 e. The molecule has 0 aliphatic carbocycles. The van der Waals surface area contributed by atoms with Crippen molar-refractivity contribution in [3.05, 3.63) is 17.1 Å². The minimum absolute atomic E-state index is 0.538. The van der Waals surface area contributed by atoms with E-state index < -0.39 is 0 Å². The van der Waals surface area contributed by atoms with Crippen LogP contribution in [0.5, 0.6) is 0 Å². The maximum atomic E-state index is 5.87. The third-order valence-corrected chi connectivity index (χ3v) is 2.89. The molecule has 1 atom stereocenters. The zero-order valence-corrected chi connectivity index (χ0v) is 8.91. The number of nitrogens with two attached hydrogens (primary N) is 1. The summed E-state index contributed by atoms with van der Waals surface area (Å²) in [5, 5.41) is 0. The number of aromatic nitrogens is 2. The number of aryl methyl sites for hydroxylation is 1. The minimum atomic E-state index is 0.538. The first kappa shape index (κ1) is 9.40. The Morgan fingerprint density at radius 2 is 2.14 bits per heavy atom. The molecule has 2 N–H and O–H groups in total. The zero-order chi connectivity index (χ0) is 10.3. The molecule has 4 nitrogen and oxygen atoms in total. The molecule has 14 heavy (non-hydrogen) atoms. The summed E-state index contributed by atoms with van der Waals surface area (Å²) in [6, 6.07) is 0.538. The van der Waals surface area contributed by atoms with E-state index in [9.17, 15) is 0 Å². The minimum Gasteiger partial charge on any atom is -0.383 e. The molecular weight excluding hydrogens is 176 g/mol. The molecule has 0 saturated heterocycles. The molecule has 4 heteroatoms. The van der Waals surface area contributed by atoms with Crippen LogP contribution in [0.1, 0.15) is 24.0 Å². The van der Waals surface area contributed by atoms with Gasteiger partial charge in [-0.25, -0.2) is 9.97 Å². The number of fused-ring (bicyclic) bond motifs is 1. The molecule has 1 aromatic heterocycles. The van der Waals surface area contributed by atoms with Crippen molar-refractivity contribution in [1.82, 2.24) is 14.9 Å². The third kappa shape index (κ3) is 1.46. The number of nitrogens with zero attached hydrogens (tertiary/aromatic N) is 3. The molecule has 0 amide bonds. The first-order valence-corrected chi connectivity index (χ1v) is 4.90. The average Bonchev–Trinajstić information content (AvgIpc) is 2.08. The third-order valence-electron chi connectivity index (χ3n) is 2.89. The van der Waals surface area contributed by atoms with Gasteiger partial charge >= 0.3 is 0 Å². The topological polar surface area (TPSA) is 55.0 Å². The molecule has 1 aliphatic rings. The lowest BCUT2D eigenvalue weighted by molar-refractivity contribution is 0.228. The molecule has 0 radical (unpaired) electrons. The van der Waals surface area contributed by atoms with Crippen LogP contribution < -0.4 is 5.73 Å². The van der Waals surface area contributed by atoms with Gasteiger partial charge in [-0.1, -0.05) is 0 Å². The fourth-order valence-corrected chi connectivity index (χ4v) is 1.86. The van der Waals surface area contributed by atoms with Crippen molar-refractivity contribution in [2.75, 3.05) is 12.8 Å². The van der Waals surface area contributed by atoms with Crippen LogP contribution in [0.3, 0.4) is 0 Å². The van der Waals surface area contributed by atoms with Gasteiger partial charge in [0.25, 0.3) is 0 Å². The summed E-state index contributed by atoms with van der Waals surface area (Å²) in [6.07, 6.45) is 0.972. The summed E-state index contributed by atoms with van der Waals surface area (Å²) in [4.78, 5) is 10.9. The molecule has 1 aromatic rings. The number of nitrogen functional groups attached to an aromatic ring is 1. The number of rotatable bonds is 0. The summed E-state index contributed by atoms with van der Waals surface area (Å²) in [6.45, 7) is 4.96. The SMILES string of the molecule is Cc1nc(N)c2c(n1)CC(C)N(C)C2. The summed E-state index contributed by atoms with van der Waals surface area (Å²) in [5.74, 6) is 1.42. The van der Waals surface area contributed by atoms with Crippen molar-refractivity contribution >= 4 is 5.82 Å². The van der Waals surface area contributed by atoms with Gasteiger partial charge in [-0.2, -0.15) is 0 Å². The van der Waals surface area contributed by atoms with E-state index in [-0.39, 0.29) is 0 Å². The Labute approximate surface area is 84.2 Å². The summed E-state index contributed by atoms with van der Waals surface area (Å²) < 4.78 is 0. The predicted octanol–water partition coefficient (Wildman–Crippen LogP) is 0.744. The molecular formula is C10H16N4. The number of hydrogen-bond donors (Lipinski definition) is 1. The maximum absolute atomic E-state index is 5.87. The van der Waals surface area contributed by atoms with Gasteiger partial charge in [-0.15, -0.1) is 0 Å². The Balaban J connectivity index is 2.46. The second kappa shape index (κ2) is 3.20. The smallest absolute Gasteiger partial charge is 0.131 e. The molecule has 0 spiro atoms. The lowest BCUT2D eigenvalue weighted by Crippen LogP contribution is -2.36. The molecule has 0 aromatic carbocycles. The summed E-state index contributed by atoms with van der Waals surface area (Å²) in [7, 11) is 2.10. The number of hydrogen-bond acceptors (Lipinski definition) is 4. The standard InChI is InChI=1S/C10H16N4/c1-6-4-9-8(5-14(6)3)10(11)13-7(2)12-9/h6H,4-5H2,1-3H3,(H2,11,12,13). The zero-order valence-electron chi connectivity index (χ0n) is 8.91. The highest BCUT2D eigenvalue weighted by molar-refractivity contribution is 5.43. The first-order chi connectivity index (χ1) is 6.58. The van der Waals surface area contributed by atoms with Crippen molar-refractivity contribution in [3.8, 4) is 0 Å². The average molecular weight is 192 g/mol. The molecule has 0 fully saturated rings. The van der Waals surface area contributed by atoms with E-state index in [4.69, 9.17) is 5.73 Å². The molecule has 2 rings (SSSR count). The largest absolute Gasteiger partial charge is 0.383 e. The van der Waals surface area contributed by atoms with Crippen LogP contribution in [0.4, 0.5) is 5.82 Å². The quantitative estimate of drug-likeness (QED) is 0.659. The highest BCUT2D eigenvalue weighted by Crippen LogP contribution is 2.23. The fourth-order valence-electron chi connectivity index (χ4n) is 1.86. The van der Waals surface area contributed by atoms with Crippen LogP contribution in [-0.4, -0.2) is 28.0 Å². The molecule has 0 bridgehead atoms. The highest BCUT2D eigenvalue weighted by Gasteiger charge is 2.23. The van der Waals surface area contributed by atoms with E-state index in [0.717, 1.165) is 30.0 Å². The second-order valence-electron chi connectivity index (χ2n) is 4.05. The molecule has 1 aliphatic heterocycles. The summed E-state index contributed by atoms with van der Waals surface area (Å²) in [5.41, 5.74) is 8.11. The van der Waals surface area contributed by atoms with Crippen LogP contribution in [-0.2, 0) is 13.0 Å². The molecule has 0 saturated carbocycles. The first-order valence-electron chi connectivity index (χ1n) is 4.90. The van der Waals surface area contributed by atoms with Gasteiger partial charge in [0.2, 0.25) is 0 Å². The highest BCUT2D eigenvalue weighted by atomic mass is 15.1. The van der Waals surface area contributed by atoms with Crippen LogP contribution in [0.25, 0.3) is 0 Å². The number of anilines is 1. The molecule has 76 valence electrons. The van der Waals surface area contributed by atoms with Crippen molar-refractivity contribution in [3.63, 3.8) is 0 Å². The lowest BCUT2D eigenvalue weighted by Gasteiger charge is -2.31. The van der Waals surface area contributed by atoms with E-state index in [1.165, 1.54) is 0 Å².